The standard InChI is InChI=1S/C21H25N3O3/c1-12-6-5-7-18(15(12)4)24-11-16(9-19(24)25)20(26)22-10-17-13(2)8-14(3)23-21(17)27/h5-8,16H,9-11H2,1-4H3,(H,22,26)(H,23,27)/t16-/m0/s1. The lowest BCUT2D eigenvalue weighted by Gasteiger charge is -2.20. The van der Waals surface area contributed by atoms with E-state index in [9.17, 15) is 14.4 Å². The Hall–Kier alpha value is -2.89. The van der Waals surface area contributed by atoms with E-state index in [4.69, 9.17) is 0 Å². The minimum Gasteiger partial charge on any atom is -0.351 e. The molecule has 2 aromatic rings. The molecular weight excluding hydrogens is 342 g/mol. The molecule has 1 aliphatic heterocycles. The summed E-state index contributed by atoms with van der Waals surface area (Å²) >= 11 is 0. The number of carbonyl (C=O) groups is 2. The molecule has 0 bridgehead atoms. The van der Waals surface area contributed by atoms with Crippen LogP contribution in [0, 0.1) is 33.6 Å². The molecule has 0 spiro atoms. The zero-order chi connectivity index (χ0) is 19.7. The zero-order valence-corrected chi connectivity index (χ0v) is 16.2. The summed E-state index contributed by atoms with van der Waals surface area (Å²) in [6, 6.07) is 7.72. The third-order valence-corrected chi connectivity index (χ3v) is 5.30. The number of aryl methyl sites for hydroxylation is 3. The second kappa shape index (κ2) is 7.39. The number of aromatic amines is 1. The maximum atomic E-state index is 12.6. The summed E-state index contributed by atoms with van der Waals surface area (Å²) in [7, 11) is 0. The Bertz CT molecular complexity index is 962. The van der Waals surface area contributed by atoms with Gasteiger partial charge in [-0.15, -0.1) is 0 Å². The van der Waals surface area contributed by atoms with Gasteiger partial charge >= 0.3 is 0 Å². The molecule has 1 aromatic heterocycles. The van der Waals surface area contributed by atoms with Gasteiger partial charge in [0.25, 0.3) is 5.56 Å². The molecule has 27 heavy (non-hydrogen) atoms. The van der Waals surface area contributed by atoms with Gasteiger partial charge in [-0.25, -0.2) is 0 Å². The number of anilines is 1. The van der Waals surface area contributed by atoms with Crippen LogP contribution in [0.15, 0.2) is 29.1 Å². The summed E-state index contributed by atoms with van der Waals surface area (Å²) in [6.07, 6.45) is 0.183. The van der Waals surface area contributed by atoms with Crippen LogP contribution in [0.4, 0.5) is 5.69 Å². The largest absolute Gasteiger partial charge is 0.351 e. The average Bonchev–Trinajstić information content (AvgIpc) is 2.98. The lowest BCUT2D eigenvalue weighted by atomic mass is 10.1. The number of hydrogen-bond acceptors (Lipinski definition) is 3. The van der Waals surface area contributed by atoms with Gasteiger partial charge in [0.1, 0.15) is 0 Å². The van der Waals surface area contributed by atoms with Crippen molar-refractivity contribution in [1.82, 2.24) is 10.3 Å². The van der Waals surface area contributed by atoms with Crippen molar-refractivity contribution >= 4 is 17.5 Å². The second-order valence-corrected chi connectivity index (χ2v) is 7.29. The molecule has 1 aromatic carbocycles. The van der Waals surface area contributed by atoms with E-state index in [1.165, 1.54) is 0 Å². The van der Waals surface area contributed by atoms with Crippen molar-refractivity contribution in [2.24, 2.45) is 5.92 Å². The van der Waals surface area contributed by atoms with E-state index < -0.39 is 5.92 Å². The monoisotopic (exact) mass is 367 g/mol. The molecule has 1 fully saturated rings. The van der Waals surface area contributed by atoms with Crippen molar-refractivity contribution < 1.29 is 9.59 Å². The first-order valence-electron chi connectivity index (χ1n) is 9.11. The molecule has 2 amide bonds. The quantitative estimate of drug-likeness (QED) is 0.870. The van der Waals surface area contributed by atoms with Gasteiger partial charge in [-0.1, -0.05) is 12.1 Å². The molecule has 2 N–H and O–H groups in total. The van der Waals surface area contributed by atoms with Gasteiger partial charge in [0.15, 0.2) is 0 Å². The van der Waals surface area contributed by atoms with Gasteiger partial charge in [0, 0.05) is 36.5 Å². The van der Waals surface area contributed by atoms with Crippen molar-refractivity contribution in [1.29, 1.82) is 0 Å². The predicted molar refractivity (Wildman–Crippen MR) is 105 cm³/mol. The molecule has 142 valence electrons. The van der Waals surface area contributed by atoms with Crippen LogP contribution >= 0.6 is 0 Å². The lowest BCUT2D eigenvalue weighted by molar-refractivity contribution is -0.126. The van der Waals surface area contributed by atoms with Crippen molar-refractivity contribution in [3.05, 3.63) is 62.6 Å². The third kappa shape index (κ3) is 3.79. The fourth-order valence-corrected chi connectivity index (χ4v) is 3.57. The topological polar surface area (TPSA) is 82.3 Å². The molecule has 0 unspecified atom stereocenters. The van der Waals surface area contributed by atoms with Crippen LogP contribution in [0.2, 0.25) is 0 Å². The number of rotatable bonds is 4. The SMILES string of the molecule is Cc1cc(C)c(CNC(=O)[C@H]2CC(=O)N(c3cccc(C)c3C)C2)c(=O)[nH]1. The zero-order valence-electron chi connectivity index (χ0n) is 16.2. The van der Waals surface area contributed by atoms with Crippen LogP contribution in [0.25, 0.3) is 0 Å². The molecule has 3 rings (SSSR count). The summed E-state index contributed by atoms with van der Waals surface area (Å²) in [5.74, 6) is -0.661. The van der Waals surface area contributed by atoms with Crippen LogP contribution in [-0.4, -0.2) is 23.3 Å². The molecule has 0 aliphatic carbocycles. The molecular formula is C21H25N3O3. The molecule has 1 aliphatic rings. The number of nitrogens with one attached hydrogen (secondary N) is 2. The van der Waals surface area contributed by atoms with E-state index in [1.54, 1.807) is 4.90 Å². The summed E-state index contributed by atoms with van der Waals surface area (Å²) < 4.78 is 0. The summed E-state index contributed by atoms with van der Waals surface area (Å²) in [5.41, 5.74) is 5.02. The van der Waals surface area contributed by atoms with Gasteiger partial charge in [-0.3, -0.25) is 14.4 Å². The van der Waals surface area contributed by atoms with E-state index in [-0.39, 0.29) is 30.3 Å². The molecule has 1 saturated heterocycles. The maximum absolute atomic E-state index is 12.6. The Labute approximate surface area is 158 Å². The highest BCUT2D eigenvalue weighted by Gasteiger charge is 2.35. The highest BCUT2D eigenvalue weighted by molar-refractivity contribution is 6.00. The summed E-state index contributed by atoms with van der Waals surface area (Å²) in [5, 5.41) is 2.82. The minimum absolute atomic E-state index is 0.0480. The number of carbonyl (C=O) groups excluding carboxylic acids is 2. The molecule has 2 heterocycles. The van der Waals surface area contributed by atoms with Crippen molar-refractivity contribution in [2.75, 3.05) is 11.4 Å². The van der Waals surface area contributed by atoms with Crippen molar-refractivity contribution in [2.45, 2.75) is 40.7 Å². The van der Waals surface area contributed by atoms with E-state index in [0.29, 0.717) is 12.1 Å². The summed E-state index contributed by atoms with van der Waals surface area (Å²) in [4.78, 5) is 41.6. The van der Waals surface area contributed by atoms with Gasteiger partial charge in [-0.05, 0) is 56.5 Å². The molecule has 6 heteroatoms. The smallest absolute Gasteiger partial charge is 0.253 e. The van der Waals surface area contributed by atoms with Crippen LogP contribution in [0.5, 0.6) is 0 Å². The Morgan fingerprint density at radius 1 is 1.19 bits per heavy atom. The lowest BCUT2D eigenvalue weighted by Crippen LogP contribution is -2.34. The fourth-order valence-electron chi connectivity index (χ4n) is 3.57. The van der Waals surface area contributed by atoms with Crippen LogP contribution in [-0.2, 0) is 16.1 Å². The Balaban J connectivity index is 1.70. The minimum atomic E-state index is -0.415. The normalized spacial score (nSPS) is 16.7. The highest BCUT2D eigenvalue weighted by atomic mass is 16.2. The highest BCUT2D eigenvalue weighted by Crippen LogP contribution is 2.29. The Kier molecular flexibility index (Phi) is 5.17. The Morgan fingerprint density at radius 3 is 2.63 bits per heavy atom. The first kappa shape index (κ1) is 18.9. The molecule has 6 nitrogen and oxygen atoms in total. The van der Waals surface area contributed by atoms with Gasteiger partial charge in [0.2, 0.25) is 11.8 Å². The number of benzene rings is 1. The number of nitrogens with zero attached hydrogens (tertiary/aromatic N) is 1. The number of H-pyrrole nitrogens is 1. The Morgan fingerprint density at radius 2 is 1.93 bits per heavy atom. The number of amides is 2. The predicted octanol–water partition coefficient (Wildman–Crippen LogP) is 2.28. The van der Waals surface area contributed by atoms with Crippen molar-refractivity contribution in [3.8, 4) is 0 Å². The van der Waals surface area contributed by atoms with E-state index in [2.05, 4.69) is 10.3 Å². The summed E-state index contributed by atoms with van der Waals surface area (Å²) in [6.45, 7) is 8.18. The van der Waals surface area contributed by atoms with E-state index in [1.807, 2.05) is 52.0 Å². The fraction of sp³-hybridized carbons (Fsp3) is 0.381. The average molecular weight is 367 g/mol. The first-order chi connectivity index (χ1) is 12.8. The van der Waals surface area contributed by atoms with Crippen LogP contribution in [0.1, 0.15) is 34.4 Å². The third-order valence-electron chi connectivity index (χ3n) is 5.30. The van der Waals surface area contributed by atoms with Gasteiger partial charge in [-0.2, -0.15) is 0 Å². The van der Waals surface area contributed by atoms with Crippen LogP contribution < -0.4 is 15.8 Å². The maximum Gasteiger partial charge on any atom is 0.253 e. The molecule has 1 atom stereocenters. The number of hydrogen-bond donors (Lipinski definition) is 2. The second-order valence-electron chi connectivity index (χ2n) is 7.29. The molecule has 0 saturated carbocycles. The number of aromatic nitrogens is 1. The number of pyridine rings is 1. The van der Waals surface area contributed by atoms with E-state index in [0.717, 1.165) is 28.1 Å². The van der Waals surface area contributed by atoms with E-state index >= 15 is 0 Å². The van der Waals surface area contributed by atoms with Crippen molar-refractivity contribution in [3.63, 3.8) is 0 Å². The molecule has 0 radical (unpaired) electrons. The van der Waals surface area contributed by atoms with Gasteiger partial charge < -0.3 is 15.2 Å². The first-order valence-corrected chi connectivity index (χ1v) is 9.11. The van der Waals surface area contributed by atoms with Gasteiger partial charge in [0.05, 0.1) is 5.92 Å². The van der Waals surface area contributed by atoms with Crippen LogP contribution in [0.3, 0.4) is 0 Å².